The van der Waals surface area contributed by atoms with Crippen molar-refractivity contribution in [1.29, 1.82) is 0 Å². The molecule has 0 aromatic heterocycles. The molecule has 6 nitrogen and oxygen atoms in total. The highest BCUT2D eigenvalue weighted by Gasteiger charge is 2.15. The third-order valence-corrected chi connectivity index (χ3v) is 5.69. The van der Waals surface area contributed by atoms with Gasteiger partial charge in [-0.05, 0) is 55.2 Å². The van der Waals surface area contributed by atoms with E-state index >= 15 is 0 Å². The zero-order valence-electron chi connectivity index (χ0n) is 18.4. The number of nitrogens with one attached hydrogen (secondary N) is 2. The van der Waals surface area contributed by atoms with Crippen LogP contribution in [-0.2, 0) is 6.54 Å². The van der Waals surface area contributed by atoms with Gasteiger partial charge in [-0.1, -0.05) is 18.2 Å². The Labute approximate surface area is 202 Å². The summed E-state index contributed by atoms with van der Waals surface area (Å²) in [6.07, 6.45) is 3.48. The van der Waals surface area contributed by atoms with Gasteiger partial charge >= 0.3 is 0 Å². The van der Waals surface area contributed by atoms with Gasteiger partial charge in [0, 0.05) is 38.8 Å². The van der Waals surface area contributed by atoms with Gasteiger partial charge in [-0.2, -0.15) is 0 Å². The number of halogens is 1. The van der Waals surface area contributed by atoms with Crippen LogP contribution in [0.2, 0.25) is 0 Å². The molecule has 0 spiro atoms. The normalized spacial score (nSPS) is 16.8. The lowest BCUT2D eigenvalue weighted by Gasteiger charge is -2.22. The summed E-state index contributed by atoms with van der Waals surface area (Å²) >= 11 is 0. The molecule has 0 radical (unpaired) electrons. The largest absolute Gasteiger partial charge is 0.490 e. The molecule has 0 amide bonds. The first-order chi connectivity index (χ1) is 14.7. The molecule has 2 aliphatic rings. The molecular weight excluding hydrogens is 503 g/mol. The molecule has 0 bridgehead atoms. The van der Waals surface area contributed by atoms with E-state index in [9.17, 15) is 0 Å². The van der Waals surface area contributed by atoms with Gasteiger partial charge in [-0.3, -0.25) is 4.99 Å². The SMILES string of the molecule is CN=C(NCc1ccc2c(c1)OCCCO2)NC(C)c1cccc(N2CCCC2)c1.I. The lowest BCUT2D eigenvalue weighted by molar-refractivity contribution is 0.297. The van der Waals surface area contributed by atoms with Crippen molar-refractivity contribution in [3.8, 4) is 11.5 Å². The fraction of sp³-hybridized carbons (Fsp3) is 0.458. The summed E-state index contributed by atoms with van der Waals surface area (Å²) in [5.74, 6) is 2.42. The number of anilines is 1. The summed E-state index contributed by atoms with van der Waals surface area (Å²) in [6.45, 7) is 6.55. The molecule has 1 saturated heterocycles. The van der Waals surface area contributed by atoms with Crippen molar-refractivity contribution >= 4 is 35.6 Å². The van der Waals surface area contributed by atoms with Crippen LogP contribution in [0, 0.1) is 0 Å². The van der Waals surface area contributed by atoms with Crippen molar-refractivity contribution in [2.75, 3.05) is 38.3 Å². The Morgan fingerprint density at radius 2 is 1.81 bits per heavy atom. The van der Waals surface area contributed by atoms with E-state index in [1.165, 1.54) is 24.1 Å². The standard InChI is InChI=1S/C24H32N4O2.HI/c1-18(20-7-5-8-21(16-20)28-11-3-4-12-28)27-24(25-2)26-17-19-9-10-22-23(15-19)30-14-6-13-29-22;/h5,7-10,15-16,18H,3-4,6,11-14,17H2,1-2H3,(H2,25,26,27);1H. The first-order valence-corrected chi connectivity index (χ1v) is 10.9. The fourth-order valence-electron chi connectivity index (χ4n) is 3.95. The lowest BCUT2D eigenvalue weighted by atomic mass is 10.1. The van der Waals surface area contributed by atoms with E-state index in [1.54, 1.807) is 7.05 Å². The fourth-order valence-corrected chi connectivity index (χ4v) is 3.95. The van der Waals surface area contributed by atoms with Crippen molar-refractivity contribution in [1.82, 2.24) is 10.6 Å². The molecule has 31 heavy (non-hydrogen) atoms. The van der Waals surface area contributed by atoms with Gasteiger partial charge in [0.05, 0.1) is 19.3 Å². The lowest BCUT2D eigenvalue weighted by Crippen LogP contribution is -2.38. The van der Waals surface area contributed by atoms with Crippen LogP contribution >= 0.6 is 24.0 Å². The molecule has 2 aromatic rings. The van der Waals surface area contributed by atoms with E-state index in [1.807, 2.05) is 12.1 Å². The summed E-state index contributed by atoms with van der Waals surface area (Å²) < 4.78 is 11.5. The second-order valence-corrected chi connectivity index (χ2v) is 7.91. The Morgan fingerprint density at radius 1 is 1.03 bits per heavy atom. The highest BCUT2D eigenvalue weighted by molar-refractivity contribution is 14.0. The zero-order chi connectivity index (χ0) is 20.8. The Hall–Kier alpha value is -2.16. The van der Waals surface area contributed by atoms with E-state index < -0.39 is 0 Å². The summed E-state index contributed by atoms with van der Waals surface area (Å²) in [4.78, 5) is 6.86. The number of hydrogen-bond acceptors (Lipinski definition) is 4. The number of hydrogen-bond donors (Lipinski definition) is 2. The minimum Gasteiger partial charge on any atom is -0.490 e. The average Bonchev–Trinajstić information content (AvgIpc) is 3.22. The van der Waals surface area contributed by atoms with Gasteiger partial charge < -0.3 is 25.0 Å². The molecule has 2 N–H and O–H groups in total. The monoisotopic (exact) mass is 536 g/mol. The molecule has 2 heterocycles. The van der Waals surface area contributed by atoms with Gasteiger partial charge in [0.25, 0.3) is 0 Å². The maximum absolute atomic E-state index is 5.80. The Balaban J connectivity index is 0.00000272. The molecule has 1 unspecified atom stereocenters. The van der Waals surface area contributed by atoms with Crippen LogP contribution in [0.5, 0.6) is 11.5 Å². The van der Waals surface area contributed by atoms with E-state index in [0.717, 1.165) is 42.5 Å². The van der Waals surface area contributed by atoms with Crippen molar-refractivity contribution in [2.45, 2.75) is 38.8 Å². The third kappa shape index (κ3) is 6.18. The second-order valence-electron chi connectivity index (χ2n) is 7.91. The number of ether oxygens (including phenoxy) is 2. The molecule has 7 heteroatoms. The number of fused-ring (bicyclic) bond motifs is 1. The van der Waals surface area contributed by atoms with Gasteiger partial charge in [0.15, 0.2) is 17.5 Å². The van der Waals surface area contributed by atoms with E-state index in [-0.39, 0.29) is 30.0 Å². The van der Waals surface area contributed by atoms with Crippen molar-refractivity contribution < 1.29 is 9.47 Å². The minimum atomic E-state index is 0. The predicted molar refractivity (Wildman–Crippen MR) is 137 cm³/mol. The van der Waals surface area contributed by atoms with Gasteiger partial charge in [0.2, 0.25) is 0 Å². The summed E-state index contributed by atoms with van der Waals surface area (Å²) in [6, 6.07) is 15.1. The quantitative estimate of drug-likeness (QED) is 0.335. The van der Waals surface area contributed by atoms with Crippen LogP contribution in [0.25, 0.3) is 0 Å². The van der Waals surface area contributed by atoms with Gasteiger partial charge in [-0.15, -0.1) is 24.0 Å². The Bertz CT molecular complexity index is 884. The zero-order valence-corrected chi connectivity index (χ0v) is 20.7. The molecular formula is C24H33IN4O2. The maximum atomic E-state index is 5.80. The first kappa shape index (κ1) is 23.5. The van der Waals surface area contributed by atoms with Crippen LogP contribution < -0.4 is 25.0 Å². The van der Waals surface area contributed by atoms with Crippen LogP contribution in [0.15, 0.2) is 47.5 Å². The molecule has 1 fully saturated rings. The van der Waals surface area contributed by atoms with Crippen molar-refractivity contribution in [3.05, 3.63) is 53.6 Å². The Kier molecular flexibility index (Phi) is 8.69. The van der Waals surface area contributed by atoms with Crippen LogP contribution in [-0.4, -0.2) is 39.3 Å². The van der Waals surface area contributed by atoms with E-state index in [4.69, 9.17) is 9.47 Å². The number of benzene rings is 2. The minimum absolute atomic E-state index is 0. The topological polar surface area (TPSA) is 58.1 Å². The Morgan fingerprint density at radius 3 is 2.58 bits per heavy atom. The van der Waals surface area contributed by atoms with E-state index in [2.05, 4.69) is 57.8 Å². The molecule has 0 saturated carbocycles. The van der Waals surface area contributed by atoms with Crippen molar-refractivity contribution in [3.63, 3.8) is 0 Å². The number of guanidine groups is 1. The average molecular weight is 536 g/mol. The van der Waals surface area contributed by atoms with Gasteiger partial charge in [-0.25, -0.2) is 0 Å². The maximum Gasteiger partial charge on any atom is 0.191 e. The first-order valence-electron chi connectivity index (χ1n) is 10.9. The summed E-state index contributed by atoms with van der Waals surface area (Å²) in [7, 11) is 1.80. The summed E-state index contributed by atoms with van der Waals surface area (Å²) in [5.41, 5.74) is 3.71. The second kappa shape index (κ2) is 11.5. The number of aliphatic imine (C=N–C) groups is 1. The van der Waals surface area contributed by atoms with Crippen LogP contribution in [0.3, 0.4) is 0 Å². The predicted octanol–water partition coefficient (Wildman–Crippen LogP) is 4.49. The third-order valence-electron chi connectivity index (χ3n) is 5.69. The highest BCUT2D eigenvalue weighted by atomic mass is 127. The molecule has 4 rings (SSSR count). The van der Waals surface area contributed by atoms with Crippen molar-refractivity contribution in [2.24, 2.45) is 4.99 Å². The molecule has 2 aliphatic heterocycles. The van der Waals surface area contributed by atoms with Gasteiger partial charge in [0.1, 0.15) is 0 Å². The number of rotatable bonds is 5. The smallest absolute Gasteiger partial charge is 0.191 e. The molecule has 2 aromatic carbocycles. The highest BCUT2D eigenvalue weighted by Crippen LogP contribution is 2.30. The van der Waals surface area contributed by atoms with Crippen LogP contribution in [0.1, 0.15) is 43.4 Å². The molecule has 0 aliphatic carbocycles. The number of nitrogens with zero attached hydrogens (tertiary/aromatic N) is 2. The van der Waals surface area contributed by atoms with E-state index in [0.29, 0.717) is 19.8 Å². The van der Waals surface area contributed by atoms with Crippen LogP contribution in [0.4, 0.5) is 5.69 Å². The molecule has 1 atom stereocenters. The summed E-state index contributed by atoms with van der Waals surface area (Å²) in [5, 5.41) is 6.92. The molecule has 168 valence electrons.